The number of nitrogens with zero attached hydrogens (tertiary/aromatic N) is 2. The van der Waals surface area contributed by atoms with Crippen molar-refractivity contribution < 1.29 is 9.47 Å². The van der Waals surface area contributed by atoms with E-state index in [1.54, 1.807) is 0 Å². The summed E-state index contributed by atoms with van der Waals surface area (Å²) in [5, 5.41) is 6.62. The molecule has 2 unspecified atom stereocenters. The molecule has 6 heteroatoms. The van der Waals surface area contributed by atoms with Gasteiger partial charge in [-0.25, -0.2) is 0 Å². The summed E-state index contributed by atoms with van der Waals surface area (Å²) in [6.45, 7) is 10.1. The van der Waals surface area contributed by atoms with Gasteiger partial charge >= 0.3 is 0 Å². The van der Waals surface area contributed by atoms with Crippen molar-refractivity contribution in [3.8, 4) is 5.75 Å². The normalized spacial score (nSPS) is 23.5. The maximum Gasteiger partial charge on any atom is 0.191 e. The molecule has 1 aromatic rings. The summed E-state index contributed by atoms with van der Waals surface area (Å²) in [7, 11) is 0. The van der Waals surface area contributed by atoms with Gasteiger partial charge in [0.2, 0.25) is 0 Å². The van der Waals surface area contributed by atoms with Crippen LogP contribution in [0.3, 0.4) is 0 Å². The summed E-state index contributed by atoms with van der Waals surface area (Å²) < 4.78 is 11.7. The summed E-state index contributed by atoms with van der Waals surface area (Å²) in [6, 6.07) is 8.76. The summed E-state index contributed by atoms with van der Waals surface area (Å²) in [5.41, 5.74) is 1.24. The van der Waals surface area contributed by atoms with Crippen molar-refractivity contribution in [1.82, 2.24) is 15.5 Å². The van der Waals surface area contributed by atoms with E-state index in [2.05, 4.69) is 41.5 Å². The number of hydrogen-bond donors (Lipinski definition) is 2. The molecule has 0 radical (unpaired) electrons. The second-order valence-corrected chi connectivity index (χ2v) is 7.05. The molecule has 2 N–H and O–H groups in total. The third-order valence-electron chi connectivity index (χ3n) is 4.94. The first-order valence-electron chi connectivity index (χ1n) is 9.82. The lowest BCUT2D eigenvalue weighted by Gasteiger charge is -2.34. The van der Waals surface area contributed by atoms with E-state index in [0.717, 1.165) is 31.4 Å². The lowest BCUT2D eigenvalue weighted by atomic mass is 10.2. The van der Waals surface area contributed by atoms with Crippen LogP contribution in [0, 0.1) is 6.92 Å². The quantitative estimate of drug-likeness (QED) is 0.441. The van der Waals surface area contributed by atoms with Crippen LogP contribution >= 0.6 is 0 Å². The van der Waals surface area contributed by atoms with Crippen LogP contribution in [0.2, 0.25) is 0 Å². The Hall–Kier alpha value is -1.79. The molecule has 0 aromatic heterocycles. The zero-order chi connectivity index (χ0) is 18.2. The first-order chi connectivity index (χ1) is 12.7. The van der Waals surface area contributed by atoms with Crippen LogP contribution in [-0.4, -0.2) is 68.9 Å². The average molecular weight is 361 g/mol. The summed E-state index contributed by atoms with van der Waals surface area (Å²) in [5.74, 6) is 1.72. The molecule has 2 fully saturated rings. The molecule has 1 aromatic carbocycles. The van der Waals surface area contributed by atoms with E-state index in [9.17, 15) is 0 Å². The third-order valence-corrected chi connectivity index (χ3v) is 4.94. The maximum atomic E-state index is 5.98. The van der Waals surface area contributed by atoms with Crippen LogP contribution in [0.25, 0.3) is 0 Å². The molecule has 3 rings (SSSR count). The van der Waals surface area contributed by atoms with Gasteiger partial charge in [0.05, 0.1) is 25.8 Å². The Balaban J connectivity index is 1.39. The monoisotopic (exact) mass is 360 g/mol. The lowest BCUT2D eigenvalue weighted by Crippen LogP contribution is -2.47. The van der Waals surface area contributed by atoms with Crippen molar-refractivity contribution in [2.45, 2.75) is 38.8 Å². The SMILES string of the molecule is CCNC(=NCC1CN2CCCC2CO1)NCCOc1ccc(C)cc1. The first-order valence-corrected chi connectivity index (χ1v) is 9.82. The van der Waals surface area contributed by atoms with Crippen LogP contribution < -0.4 is 15.4 Å². The van der Waals surface area contributed by atoms with Crippen LogP contribution in [0.4, 0.5) is 0 Å². The Morgan fingerprint density at radius 1 is 1.31 bits per heavy atom. The lowest BCUT2D eigenvalue weighted by molar-refractivity contribution is -0.0432. The molecule has 0 aliphatic carbocycles. The molecule has 6 nitrogen and oxygen atoms in total. The van der Waals surface area contributed by atoms with Gasteiger partial charge in [0.1, 0.15) is 12.4 Å². The predicted octanol–water partition coefficient (Wildman–Crippen LogP) is 1.79. The molecule has 2 atom stereocenters. The van der Waals surface area contributed by atoms with Crippen molar-refractivity contribution in [3.63, 3.8) is 0 Å². The molecule has 2 heterocycles. The standard InChI is InChI=1S/C20H32N4O2/c1-3-21-20(22-10-12-25-18-8-6-16(2)7-9-18)23-13-19-14-24-11-4-5-17(24)15-26-19/h6-9,17,19H,3-5,10-15H2,1-2H3,(H2,21,22,23). The Morgan fingerprint density at radius 3 is 2.96 bits per heavy atom. The molecule has 144 valence electrons. The minimum Gasteiger partial charge on any atom is -0.492 e. The number of hydrogen-bond acceptors (Lipinski definition) is 4. The molecular formula is C20H32N4O2. The molecule has 2 aliphatic rings. The number of benzene rings is 1. The van der Waals surface area contributed by atoms with Crippen molar-refractivity contribution in [1.29, 1.82) is 0 Å². The van der Waals surface area contributed by atoms with Gasteiger partial charge in [-0.15, -0.1) is 0 Å². The number of ether oxygens (including phenoxy) is 2. The van der Waals surface area contributed by atoms with E-state index in [-0.39, 0.29) is 6.10 Å². The van der Waals surface area contributed by atoms with Crippen molar-refractivity contribution in [2.75, 3.05) is 45.9 Å². The fourth-order valence-electron chi connectivity index (χ4n) is 3.50. The fraction of sp³-hybridized carbons (Fsp3) is 0.650. The van der Waals surface area contributed by atoms with Gasteiger partial charge in [-0.3, -0.25) is 9.89 Å². The average Bonchev–Trinajstić information content (AvgIpc) is 3.12. The van der Waals surface area contributed by atoms with E-state index >= 15 is 0 Å². The third kappa shape index (κ3) is 5.61. The molecule has 0 amide bonds. The largest absolute Gasteiger partial charge is 0.492 e. The Kier molecular flexibility index (Phi) is 7.14. The summed E-state index contributed by atoms with van der Waals surface area (Å²) in [4.78, 5) is 7.25. The minimum atomic E-state index is 0.198. The van der Waals surface area contributed by atoms with Crippen molar-refractivity contribution >= 4 is 5.96 Å². The van der Waals surface area contributed by atoms with Gasteiger partial charge in [-0.1, -0.05) is 17.7 Å². The van der Waals surface area contributed by atoms with Gasteiger partial charge in [0, 0.05) is 19.1 Å². The Labute approximate surface area is 157 Å². The maximum absolute atomic E-state index is 5.98. The summed E-state index contributed by atoms with van der Waals surface area (Å²) in [6.07, 6.45) is 2.78. The van der Waals surface area contributed by atoms with Crippen LogP contribution in [0.1, 0.15) is 25.3 Å². The number of rotatable bonds is 7. The number of fused-ring (bicyclic) bond motifs is 1. The predicted molar refractivity (Wildman–Crippen MR) is 105 cm³/mol. The number of aliphatic imine (C=N–C) groups is 1. The van der Waals surface area contributed by atoms with Gasteiger partial charge in [-0.05, 0) is 45.4 Å². The number of morpholine rings is 1. The highest BCUT2D eigenvalue weighted by Gasteiger charge is 2.31. The van der Waals surface area contributed by atoms with Crippen molar-refractivity contribution in [3.05, 3.63) is 29.8 Å². The molecule has 0 bridgehead atoms. The molecule has 2 saturated heterocycles. The number of aryl methyl sites for hydroxylation is 1. The number of guanidine groups is 1. The minimum absolute atomic E-state index is 0.198. The highest BCUT2D eigenvalue weighted by Crippen LogP contribution is 2.22. The van der Waals surface area contributed by atoms with E-state index < -0.39 is 0 Å². The van der Waals surface area contributed by atoms with Crippen molar-refractivity contribution in [2.24, 2.45) is 4.99 Å². The second kappa shape index (κ2) is 9.78. The van der Waals surface area contributed by atoms with E-state index in [1.807, 2.05) is 12.1 Å². The van der Waals surface area contributed by atoms with Gasteiger partial charge in [0.15, 0.2) is 5.96 Å². The molecule has 0 spiro atoms. The first kappa shape index (κ1) is 19.0. The zero-order valence-corrected chi connectivity index (χ0v) is 16.0. The van der Waals surface area contributed by atoms with Crippen LogP contribution in [0.5, 0.6) is 5.75 Å². The smallest absolute Gasteiger partial charge is 0.191 e. The topological polar surface area (TPSA) is 58.1 Å². The Bertz CT molecular complexity index is 576. The molecule has 0 saturated carbocycles. The molecule has 2 aliphatic heterocycles. The van der Waals surface area contributed by atoms with Gasteiger partial charge < -0.3 is 20.1 Å². The van der Waals surface area contributed by atoms with Crippen LogP contribution in [-0.2, 0) is 4.74 Å². The van der Waals surface area contributed by atoms with E-state index in [4.69, 9.17) is 14.5 Å². The van der Waals surface area contributed by atoms with E-state index in [1.165, 1.54) is 24.9 Å². The van der Waals surface area contributed by atoms with Gasteiger partial charge in [0.25, 0.3) is 0 Å². The molecular weight excluding hydrogens is 328 g/mol. The molecule has 26 heavy (non-hydrogen) atoms. The zero-order valence-electron chi connectivity index (χ0n) is 16.0. The van der Waals surface area contributed by atoms with Crippen LogP contribution in [0.15, 0.2) is 29.3 Å². The highest BCUT2D eigenvalue weighted by molar-refractivity contribution is 5.79. The summed E-state index contributed by atoms with van der Waals surface area (Å²) >= 11 is 0. The van der Waals surface area contributed by atoms with E-state index in [0.29, 0.717) is 25.7 Å². The fourth-order valence-corrected chi connectivity index (χ4v) is 3.50. The highest BCUT2D eigenvalue weighted by atomic mass is 16.5. The van der Waals surface area contributed by atoms with Gasteiger partial charge in [-0.2, -0.15) is 0 Å². The Morgan fingerprint density at radius 2 is 2.15 bits per heavy atom. The number of nitrogens with one attached hydrogen (secondary N) is 2. The second-order valence-electron chi connectivity index (χ2n) is 7.05.